The van der Waals surface area contributed by atoms with Gasteiger partial charge in [0.05, 0.1) is 9.88 Å². The highest BCUT2D eigenvalue weighted by Gasteiger charge is 2.01. The van der Waals surface area contributed by atoms with Crippen molar-refractivity contribution in [3.8, 4) is 10.7 Å². The molecule has 3 nitrogen and oxygen atoms in total. The van der Waals surface area contributed by atoms with Crippen LogP contribution >= 0.6 is 11.3 Å². The normalized spacial score (nSPS) is 10.0. The molecule has 2 aromatic heterocycles. The summed E-state index contributed by atoms with van der Waals surface area (Å²) in [6, 6.07) is 5.58. The summed E-state index contributed by atoms with van der Waals surface area (Å²) < 4.78 is 0. The van der Waals surface area contributed by atoms with Gasteiger partial charge in [-0.15, -0.1) is 11.3 Å². The van der Waals surface area contributed by atoms with Gasteiger partial charge in [0.1, 0.15) is 0 Å². The third kappa shape index (κ3) is 1.29. The molecular formula is C8H7N3S. The Labute approximate surface area is 73.9 Å². The van der Waals surface area contributed by atoms with Gasteiger partial charge >= 0.3 is 0 Å². The molecule has 0 unspecified atom stereocenters. The average molecular weight is 177 g/mol. The van der Waals surface area contributed by atoms with E-state index in [0.717, 1.165) is 15.7 Å². The summed E-state index contributed by atoms with van der Waals surface area (Å²) >= 11 is 1.49. The second-order valence-electron chi connectivity index (χ2n) is 2.27. The molecule has 2 heterocycles. The van der Waals surface area contributed by atoms with Crippen LogP contribution in [0.25, 0.3) is 10.7 Å². The summed E-state index contributed by atoms with van der Waals surface area (Å²) in [5.74, 6) is 0.735. The lowest BCUT2D eigenvalue weighted by atomic mass is 10.4. The van der Waals surface area contributed by atoms with Gasteiger partial charge in [-0.3, -0.25) is 0 Å². The minimum absolute atomic E-state index is 0.735. The van der Waals surface area contributed by atoms with Crippen molar-refractivity contribution in [2.75, 3.05) is 5.73 Å². The molecule has 0 atom stereocenters. The molecule has 0 saturated carbocycles. The fourth-order valence-electron chi connectivity index (χ4n) is 0.899. The molecule has 0 aliphatic carbocycles. The van der Waals surface area contributed by atoms with Crippen molar-refractivity contribution in [1.82, 2.24) is 9.97 Å². The maximum Gasteiger partial charge on any atom is 0.169 e. The van der Waals surface area contributed by atoms with Crippen LogP contribution in [0.2, 0.25) is 0 Å². The summed E-state index contributed by atoms with van der Waals surface area (Å²) in [7, 11) is 0. The van der Waals surface area contributed by atoms with E-state index in [1.807, 2.05) is 12.1 Å². The Kier molecular flexibility index (Phi) is 1.75. The SMILES string of the molecule is Nc1ccc(-c2ncccn2)s1. The van der Waals surface area contributed by atoms with Gasteiger partial charge in [-0.2, -0.15) is 0 Å². The molecule has 2 rings (SSSR count). The van der Waals surface area contributed by atoms with Gasteiger partial charge in [0.2, 0.25) is 0 Å². The van der Waals surface area contributed by atoms with Crippen LogP contribution in [0.3, 0.4) is 0 Å². The van der Waals surface area contributed by atoms with Crippen molar-refractivity contribution in [1.29, 1.82) is 0 Å². The molecule has 0 aromatic carbocycles. The zero-order chi connectivity index (χ0) is 8.39. The lowest BCUT2D eigenvalue weighted by molar-refractivity contribution is 1.19. The molecule has 0 spiro atoms. The molecule has 0 amide bonds. The highest BCUT2D eigenvalue weighted by atomic mass is 32.1. The third-order valence-corrected chi connectivity index (χ3v) is 2.32. The predicted molar refractivity (Wildman–Crippen MR) is 49.8 cm³/mol. The number of thiophene rings is 1. The molecule has 0 aliphatic heterocycles. The number of nitrogens with two attached hydrogens (primary N) is 1. The van der Waals surface area contributed by atoms with Gasteiger partial charge in [0.15, 0.2) is 5.82 Å². The molecule has 4 heteroatoms. The van der Waals surface area contributed by atoms with Crippen LogP contribution in [0.1, 0.15) is 0 Å². The summed E-state index contributed by atoms with van der Waals surface area (Å²) in [6.07, 6.45) is 3.44. The maximum absolute atomic E-state index is 5.58. The quantitative estimate of drug-likeness (QED) is 0.722. The van der Waals surface area contributed by atoms with Gasteiger partial charge in [0, 0.05) is 12.4 Å². The topological polar surface area (TPSA) is 51.8 Å². The van der Waals surface area contributed by atoms with Crippen molar-refractivity contribution in [3.05, 3.63) is 30.6 Å². The molecule has 0 saturated heterocycles. The van der Waals surface area contributed by atoms with Crippen LogP contribution in [-0.4, -0.2) is 9.97 Å². The van der Waals surface area contributed by atoms with Crippen molar-refractivity contribution >= 4 is 16.3 Å². The largest absolute Gasteiger partial charge is 0.391 e. The van der Waals surface area contributed by atoms with E-state index in [0.29, 0.717) is 0 Å². The Hall–Kier alpha value is -1.42. The van der Waals surface area contributed by atoms with Crippen LogP contribution in [-0.2, 0) is 0 Å². The number of hydrogen-bond acceptors (Lipinski definition) is 4. The molecule has 0 bridgehead atoms. The molecule has 0 fully saturated rings. The number of rotatable bonds is 1. The first-order chi connectivity index (χ1) is 5.86. The first-order valence-corrected chi connectivity index (χ1v) is 4.30. The minimum Gasteiger partial charge on any atom is -0.391 e. The van der Waals surface area contributed by atoms with Crippen LogP contribution in [0, 0.1) is 0 Å². The van der Waals surface area contributed by atoms with Crippen LogP contribution < -0.4 is 5.73 Å². The Morgan fingerprint density at radius 3 is 2.50 bits per heavy atom. The van der Waals surface area contributed by atoms with E-state index in [1.165, 1.54) is 11.3 Å². The molecule has 60 valence electrons. The number of nitrogen functional groups attached to an aromatic ring is 1. The number of aromatic nitrogens is 2. The molecule has 2 N–H and O–H groups in total. The van der Waals surface area contributed by atoms with Crippen molar-refractivity contribution in [2.24, 2.45) is 0 Å². The Bertz CT molecular complexity index is 369. The van der Waals surface area contributed by atoms with E-state index in [2.05, 4.69) is 9.97 Å². The lowest BCUT2D eigenvalue weighted by Crippen LogP contribution is -1.82. The van der Waals surface area contributed by atoms with Gasteiger partial charge < -0.3 is 5.73 Å². The second kappa shape index (κ2) is 2.91. The highest BCUT2D eigenvalue weighted by Crippen LogP contribution is 2.25. The second-order valence-corrected chi connectivity index (χ2v) is 3.39. The van der Waals surface area contributed by atoms with E-state index in [-0.39, 0.29) is 0 Å². The molecule has 0 radical (unpaired) electrons. The van der Waals surface area contributed by atoms with Gasteiger partial charge in [0.25, 0.3) is 0 Å². The number of anilines is 1. The minimum atomic E-state index is 0.735. The fourth-order valence-corrected chi connectivity index (χ4v) is 1.62. The first kappa shape index (κ1) is 7.24. The van der Waals surface area contributed by atoms with Crippen LogP contribution in [0.4, 0.5) is 5.00 Å². The Morgan fingerprint density at radius 1 is 1.17 bits per heavy atom. The lowest BCUT2D eigenvalue weighted by Gasteiger charge is -1.91. The number of hydrogen-bond donors (Lipinski definition) is 1. The highest BCUT2D eigenvalue weighted by molar-refractivity contribution is 7.19. The van der Waals surface area contributed by atoms with E-state index in [4.69, 9.17) is 5.73 Å². The maximum atomic E-state index is 5.58. The Balaban J connectivity index is 2.45. The predicted octanol–water partition coefficient (Wildman–Crippen LogP) is 1.79. The summed E-state index contributed by atoms with van der Waals surface area (Å²) in [6.45, 7) is 0. The fraction of sp³-hybridized carbons (Fsp3) is 0. The van der Waals surface area contributed by atoms with E-state index >= 15 is 0 Å². The molecule has 0 aliphatic rings. The Morgan fingerprint density at radius 2 is 1.92 bits per heavy atom. The van der Waals surface area contributed by atoms with Gasteiger partial charge in [-0.05, 0) is 18.2 Å². The summed E-state index contributed by atoms with van der Waals surface area (Å²) in [5.41, 5.74) is 5.58. The van der Waals surface area contributed by atoms with Gasteiger partial charge in [-0.25, -0.2) is 9.97 Å². The summed E-state index contributed by atoms with van der Waals surface area (Å²) in [4.78, 5) is 9.22. The monoisotopic (exact) mass is 177 g/mol. The zero-order valence-electron chi connectivity index (χ0n) is 6.27. The summed E-state index contributed by atoms with van der Waals surface area (Å²) in [5, 5.41) is 0.789. The third-order valence-electron chi connectivity index (χ3n) is 1.41. The average Bonchev–Trinajstić information content (AvgIpc) is 2.54. The molecule has 2 aromatic rings. The van der Waals surface area contributed by atoms with Crippen LogP contribution in [0.15, 0.2) is 30.6 Å². The van der Waals surface area contributed by atoms with Gasteiger partial charge in [-0.1, -0.05) is 0 Å². The zero-order valence-corrected chi connectivity index (χ0v) is 7.08. The first-order valence-electron chi connectivity index (χ1n) is 3.49. The molecular weight excluding hydrogens is 170 g/mol. The van der Waals surface area contributed by atoms with Crippen molar-refractivity contribution in [2.45, 2.75) is 0 Å². The van der Waals surface area contributed by atoms with E-state index in [9.17, 15) is 0 Å². The smallest absolute Gasteiger partial charge is 0.169 e. The molecule has 12 heavy (non-hydrogen) atoms. The van der Waals surface area contributed by atoms with E-state index in [1.54, 1.807) is 18.5 Å². The van der Waals surface area contributed by atoms with Crippen LogP contribution in [0.5, 0.6) is 0 Å². The number of nitrogens with zero attached hydrogens (tertiary/aromatic N) is 2. The van der Waals surface area contributed by atoms with Crippen molar-refractivity contribution < 1.29 is 0 Å². The standard InChI is InChI=1S/C8H7N3S/c9-7-3-2-6(12-7)8-10-4-1-5-11-8/h1-5H,9H2. The van der Waals surface area contributed by atoms with E-state index < -0.39 is 0 Å². The van der Waals surface area contributed by atoms with Crippen molar-refractivity contribution in [3.63, 3.8) is 0 Å².